The van der Waals surface area contributed by atoms with E-state index >= 15 is 0 Å². The van der Waals surface area contributed by atoms with Gasteiger partial charge in [0.2, 0.25) is 0 Å². The van der Waals surface area contributed by atoms with Gasteiger partial charge in [-0.25, -0.2) is 0 Å². The van der Waals surface area contributed by atoms with Gasteiger partial charge in [-0.15, -0.1) is 0 Å². The average Bonchev–Trinajstić information content (AvgIpc) is 3.32. The summed E-state index contributed by atoms with van der Waals surface area (Å²) in [6, 6.07) is 33.4. The number of rotatable bonds is 18. The standard InChI is InChI=1S/C70H88O6/c1-39(2)21-51-26-47(13-17-61(51)71)65(48-14-18-62(72)52(27-48)22-40(3)4)59-32-55(30-57(43(9)10)67(59)75)69-34-45-25-46(35-69)37-70(36-45,38-69)56-31-58(44(11)12)68(76)60(33-56)66(49-15-19-63(73)53(28-49)23-41(5)6)50-16-20-64(74)54(29-50)24-42(7)8/h13-20,26-33,39-46,65-66,71-76H,21-25,34-38H2,1-12H3. The highest BCUT2D eigenvalue weighted by Crippen LogP contribution is 2.67. The first-order valence-corrected chi connectivity index (χ1v) is 29.0. The van der Waals surface area contributed by atoms with Crippen molar-refractivity contribution in [3.8, 4) is 34.5 Å². The Morgan fingerprint density at radius 1 is 0.368 bits per heavy atom. The highest BCUT2D eigenvalue weighted by molar-refractivity contribution is 5.61. The van der Waals surface area contributed by atoms with Crippen molar-refractivity contribution in [2.75, 3.05) is 0 Å². The summed E-state index contributed by atoms with van der Waals surface area (Å²) in [7, 11) is 0. The molecule has 4 aliphatic carbocycles. The van der Waals surface area contributed by atoms with Crippen molar-refractivity contribution < 1.29 is 30.6 Å². The van der Waals surface area contributed by atoms with Crippen LogP contribution in [0.4, 0.5) is 0 Å². The summed E-state index contributed by atoms with van der Waals surface area (Å²) in [5.41, 5.74) is 13.4. The van der Waals surface area contributed by atoms with Crippen molar-refractivity contribution in [3.05, 3.63) is 175 Å². The second-order valence-electron chi connectivity index (χ2n) is 26.6. The number of aromatic hydroxyl groups is 6. The van der Waals surface area contributed by atoms with E-state index in [0.717, 1.165) is 125 Å². The molecule has 0 spiro atoms. The van der Waals surface area contributed by atoms with Crippen molar-refractivity contribution >= 4 is 0 Å². The molecule has 6 nitrogen and oxygen atoms in total. The topological polar surface area (TPSA) is 121 Å². The minimum Gasteiger partial charge on any atom is -0.508 e. The quantitative estimate of drug-likeness (QED) is 0.0477. The van der Waals surface area contributed by atoms with Gasteiger partial charge in [0.15, 0.2) is 0 Å². The van der Waals surface area contributed by atoms with E-state index in [-0.39, 0.29) is 57.5 Å². The van der Waals surface area contributed by atoms with E-state index in [1.165, 1.54) is 17.5 Å². The van der Waals surface area contributed by atoms with Crippen LogP contribution in [0.3, 0.4) is 0 Å². The van der Waals surface area contributed by atoms with Crippen molar-refractivity contribution in [2.24, 2.45) is 35.5 Å². The van der Waals surface area contributed by atoms with Gasteiger partial charge >= 0.3 is 0 Å². The number of hydrogen-bond donors (Lipinski definition) is 6. The lowest BCUT2D eigenvalue weighted by Gasteiger charge is -2.63. The number of phenolic OH excluding ortho intramolecular Hbond substituents is 6. The van der Waals surface area contributed by atoms with Crippen molar-refractivity contribution in [1.29, 1.82) is 0 Å². The molecule has 0 radical (unpaired) electrons. The van der Waals surface area contributed by atoms with Crippen LogP contribution in [-0.2, 0) is 36.5 Å². The van der Waals surface area contributed by atoms with Crippen LogP contribution in [0.1, 0.15) is 223 Å². The van der Waals surface area contributed by atoms with Crippen molar-refractivity contribution in [3.63, 3.8) is 0 Å². The smallest absolute Gasteiger partial charge is 0.123 e. The van der Waals surface area contributed by atoms with Crippen LogP contribution in [0, 0.1) is 35.5 Å². The Morgan fingerprint density at radius 2 is 0.632 bits per heavy atom. The maximum Gasteiger partial charge on any atom is 0.123 e. The predicted octanol–water partition coefficient (Wildman–Crippen LogP) is 17.1. The summed E-state index contributed by atoms with van der Waals surface area (Å²) in [5.74, 6) is 3.43. The fraction of sp³-hybridized carbons (Fsp3) is 0.486. The molecule has 4 bridgehead atoms. The van der Waals surface area contributed by atoms with E-state index in [1.807, 2.05) is 48.5 Å². The second-order valence-corrected chi connectivity index (χ2v) is 26.6. The summed E-state index contributed by atoms with van der Waals surface area (Å²) in [6.07, 6.45) is 9.36. The van der Waals surface area contributed by atoms with Crippen molar-refractivity contribution in [2.45, 2.75) is 182 Å². The van der Waals surface area contributed by atoms with E-state index in [4.69, 9.17) is 0 Å². The third-order valence-corrected chi connectivity index (χ3v) is 17.7. The van der Waals surface area contributed by atoms with E-state index < -0.39 is 0 Å². The Hall–Kier alpha value is -5.88. The summed E-state index contributed by atoms with van der Waals surface area (Å²) in [4.78, 5) is 0. The highest BCUT2D eigenvalue weighted by Gasteiger charge is 2.59. The Morgan fingerprint density at radius 3 is 0.882 bits per heavy atom. The molecule has 4 fully saturated rings. The molecule has 6 aromatic carbocycles. The van der Waals surface area contributed by atoms with E-state index in [1.54, 1.807) is 0 Å². The largest absolute Gasteiger partial charge is 0.508 e. The Balaban J connectivity index is 1.24. The SMILES string of the molecule is CC(C)Cc1cc(C(c2ccc(O)c(CC(C)C)c2)c2cc(C34CC5CC(C3)CC(c3cc(C(C)C)c(O)c(C(c6ccc(O)c(CC(C)C)c6)c6ccc(O)c(CC(C)C)c6)c3)(C5)C4)cc(C(C)C)c2O)ccc1O. The zero-order valence-electron chi connectivity index (χ0n) is 47.8. The molecule has 4 saturated carbocycles. The lowest BCUT2D eigenvalue weighted by atomic mass is 9.41. The first kappa shape index (κ1) is 54.9. The molecule has 6 N–H and O–H groups in total. The Labute approximate surface area is 455 Å². The van der Waals surface area contributed by atoms with Crippen molar-refractivity contribution in [1.82, 2.24) is 0 Å². The van der Waals surface area contributed by atoms with E-state index in [9.17, 15) is 30.6 Å². The minimum atomic E-state index is -0.370. The molecule has 6 aromatic rings. The average molecular weight is 1030 g/mol. The summed E-state index contributed by atoms with van der Waals surface area (Å²) < 4.78 is 0. The van der Waals surface area contributed by atoms with Gasteiger partial charge in [-0.1, -0.05) is 156 Å². The van der Waals surface area contributed by atoms with Crippen LogP contribution in [0.2, 0.25) is 0 Å². The maximum atomic E-state index is 12.8. The highest BCUT2D eigenvalue weighted by atomic mass is 16.3. The minimum absolute atomic E-state index is 0.0435. The molecular weight excluding hydrogens is 937 g/mol. The molecule has 10 rings (SSSR count). The van der Waals surface area contributed by atoms with Gasteiger partial charge in [0.05, 0.1) is 0 Å². The zero-order valence-corrected chi connectivity index (χ0v) is 47.8. The van der Waals surface area contributed by atoms with Crippen LogP contribution >= 0.6 is 0 Å². The van der Waals surface area contributed by atoms with E-state index in [2.05, 4.69) is 132 Å². The fourth-order valence-corrected chi connectivity index (χ4v) is 14.9. The number of benzene rings is 6. The second kappa shape index (κ2) is 21.5. The third-order valence-electron chi connectivity index (χ3n) is 17.7. The van der Waals surface area contributed by atoms with Gasteiger partial charge in [0, 0.05) is 23.0 Å². The zero-order chi connectivity index (χ0) is 54.7. The lowest BCUT2D eigenvalue weighted by Crippen LogP contribution is -2.56. The lowest BCUT2D eigenvalue weighted by molar-refractivity contribution is -0.0282. The molecule has 0 amide bonds. The molecular formula is C70H88O6. The molecule has 404 valence electrons. The Bertz CT molecular complexity index is 2740. The normalized spacial score (nSPS) is 20.3. The van der Waals surface area contributed by atoms with Gasteiger partial charge in [-0.2, -0.15) is 0 Å². The van der Waals surface area contributed by atoms with Crippen LogP contribution in [-0.4, -0.2) is 30.6 Å². The molecule has 0 atom stereocenters. The summed E-state index contributed by atoms with van der Waals surface area (Å²) >= 11 is 0. The van der Waals surface area contributed by atoms with Crippen LogP contribution in [0.15, 0.2) is 97.1 Å². The van der Waals surface area contributed by atoms with Crippen LogP contribution in [0.5, 0.6) is 34.5 Å². The molecule has 0 saturated heterocycles. The summed E-state index contributed by atoms with van der Waals surface area (Å²) in [5, 5.41) is 70.5. The third kappa shape index (κ3) is 10.9. The van der Waals surface area contributed by atoms with Crippen LogP contribution < -0.4 is 0 Å². The number of hydrogen-bond acceptors (Lipinski definition) is 6. The molecule has 76 heavy (non-hydrogen) atoms. The Kier molecular flexibility index (Phi) is 15.5. The van der Waals surface area contributed by atoms with Gasteiger partial charge in [0.25, 0.3) is 0 Å². The molecule has 4 aliphatic rings. The predicted molar refractivity (Wildman–Crippen MR) is 311 cm³/mol. The maximum absolute atomic E-state index is 12.8. The van der Waals surface area contributed by atoms with Gasteiger partial charge in [-0.3, -0.25) is 0 Å². The molecule has 0 aromatic heterocycles. The van der Waals surface area contributed by atoms with E-state index in [0.29, 0.717) is 47.0 Å². The molecule has 0 aliphatic heterocycles. The summed E-state index contributed by atoms with van der Waals surface area (Å²) in [6.45, 7) is 26.1. The van der Waals surface area contributed by atoms with Gasteiger partial charge in [0.1, 0.15) is 34.5 Å². The monoisotopic (exact) mass is 1020 g/mol. The first-order valence-electron chi connectivity index (χ1n) is 29.0. The number of phenols is 6. The fourth-order valence-electron chi connectivity index (χ4n) is 14.9. The first-order chi connectivity index (χ1) is 35.9. The molecule has 0 heterocycles. The molecule has 0 unspecified atom stereocenters. The molecule has 6 heteroatoms. The van der Waals surface area contributed by atoms with Crippen LogP contribution in [0.25, 0.3) is 0 Å². The van der Waals surface area contributed by atoms with Gasteiger partial charge in [-0.05, 0) is 213 Å². The van der Waals surface area contributed by atoms with Gasteiger partial charge < -0.3 is 30.6 Å².